The van der Waals surface area contributed by atoms with Crippen LogP contribution < -0.4 is 0 Å². The highest BCUT2D eigenvalue weighted by molar-refractivity contribution is 5.87. The average Bonchev–Trinajstić information content (AvgIpc) is 3.24. The van der Waals surface area contributed by atoms with Crippen LogP contribution in [0.25, 0.3) is 5.57 Å². The minimum atomic E-state index is -0.310. The summed E-state index contributed by atoms with van der Waals surface area (Å²) in [6.45, 7) is 10.3. The summed E-state index contributed by atoms with van der Waals surface area (Å²) >= 11 is 0. The fourth-order valence-corrected chi connectivity index (χ4v) is 3.67. The summed E-state index contributed by atoms with van der Waals surface area (Å²) in [4.78, 5) is 11.9. The minimum absolute atomic E-state index is 0.154. The maximum absolute atomic E-state index is 13.9. The molecule has 1 aliphatic rings. The summed E-state index contributed by atoms with van der Waals surface area (Å²) in [7, 11) is 0. The van der Waals surface area contributed by atoms with Crippen molar-refractivity contribution in [1.82, 2.24) is 0 Å². The van der Waals surface area contributed by atoms with Gasteiger partial charge in [-0.3, -0.25) is 4.79 Å². The number of hydrogen-bond donors (Lipinski definition) is 0. The SMILES string of the molecule is CCCCC(C)C=C(CC)c1ccc(F)cc1C1CC1(C)C(C)=O. The first-order valence-corrected chi connectivity index (χ1v) is 9.35. The number of allylic oxidation sites excluding steroid dienone is 2. The lowest BCUT2D eigenvalue weighted by molar-refractivity contribution is -0.121. The Bertz CT molecular complexity index is 631. The highest BCUT2D eigenvalue weighted by Crippen LogP contribution is 2.60. The summed E-state index contributed by atoms with van der Waals surface area (Å²) in [5.41, 5.74) is 3.13. The lowest BCUT2D eigenvalue weighted by Gasteiger charge is -2.16. The molecule has 132 valence electrons. The van der Waals surface area contributed by atoms with Gasteiger partial charge in [-0.25, -0.2) is 4.39 Å². The maximum atomic E-state index is 13.9. The molecule has 3 atom stereocenters. The molecule has 2 heteroatoms. The van der Waals surface area contributed by atoms with E-state index in [0.717, 1.165) is 24.0 Å². The number of carbonyl (C=O) groups excluding carboxylic acids is 1. The van der Waals surface area contributed by atoms with Crippen LogP contribution in [0.1, 0.15) is 83.8 Å². The molecule has 0 heterocycles. The van der Waals surface area contributed by atoms with Crippen molar-refractivity contribution in [3.05, 3.63) is 41.2 Å². The predicted octanol–water partition coefficient (Wildman–Crippen LogP) is 6.53. The Balaban J connectivity index is 2.36. The molecule has 0 amide bonds. The smallest absolute Gasteiger partial charge is 0.136 e. The van der Waals surface area contributed by atoms with E-state index in [9.17, 15) is 9.18 Å². The molecule has 1 aromatic carbocycles. The molecule has 1 aliphatic carbocycles. The first-order valence-electron chi connectivity index (χ1n) is 9.35. The van der Waals surface area contributed by atoms with Gasteiger partial charge < -0.3 is 0 Å². The van der Waals surface area contributed by atoms with Gasteiger partial charge in [0.05, 0.1) is 0 Å². The highest BCUT2D eigenvalue weighted by Gasteiger charge is 2.55. The summed E-state index contributed by atoms with van der Waals surface area (Å²) in [5.74, 6) is 0.680. The van der Waals surface area contributed by atoms with Gasteiger partial charge >= 0.3 is 0 Å². The van der Waals surface area contributed by atoms with Gasteiger partial charge in [0.15, 0.2) is 0 Å². The Morgan fingerprint density at radius 2 is 2.12 bits per heavy atom. The van der Waals surface area contributed by atoms with Crippen LogP contribution in [0.3, 0.4) is 0 Å². The molecule has 24 heavy (non-hydrogen) atoms. The van der Waals surface area contributed by atoms with Gasteiger partial charge in [0.1, 0.15) is 11.6 Å². The monoisotopic (exact) mass is 330 g/mol. The van der Waals surface area contributed by atoms with Crippen molar-refractivity contribution >= 4 is 11.4 Å². The Hall–Kier alpha value is -1.44. The topological polar surface area (TPSA) is 17.1 Å². The van der Waals surface area contributed by atoms with E-state index in [0.29, 0.717) is 5.92 Å². The molecule has 0 aliphatic heterocycles. The van der Waals surface area contributed by atoms with Crippen molar-refractivity contribution in [2.75, 3.05) is 0 Å². The quantitative estimate of drug-likeness (QED) is 0.529. The van der Waals surface area contributed by atoms with Crippen LogP contribution in [0.4, 0.5) is 4.39 Å². The maximum Gasteiger partial charge on any atom is 0.136 e. The molecule has 0 N–H and O–H groups in total. The van der Waals surface area contributed by atoms with E-state index >= 15 is 0 Å². The lowest BCUT2D eigenvalue weighted by atomic mass is 9.88. The molecule has 0 saturated heterocycles. The normalized spacial score (nSPS) is 24.8. The molecule has 0 bridgehead atoms. The fourth-order valence-electron chi connectivity index (χ4n) is 3.67. The molecular formula is C22H31FO. The first-order chi connectivity index (χ1) is 11.3. The Morgan fingerprint density at radius 3 is 2.67 bits per heavy atom. The number of unbranched alkanes of at least 4 members (excludes halogenated alkanes) is 1. The van der Waals surface area contributed by atoms with Crippen LogP contribution >= 0.6 is 0 Å². The Morgan fingerprint density at radius 1 is 1.42 bits per heavy atom. The van der Waals surface area contributed by atoms with Crippen LogP contribution in [-0.2, 0) is 4.79 Å². The molecule has 1 fully saturated rings. The number of hydrogen-bond acceptors (Lipinski definition) is 1. The van der Waals surface area contributed by atoms with Crippen LogP contribution in [-0.4, -0.2) is 5.78 Å². The van der Waals surface area contributed by atoms with E-state index in [2.05, 4.69) is 26.8 Å². The number of rotatable bonds is 8. The molecular weight excluding hydrogens is 299 g/mol. The van der Waals surface area contributed by atoms with Crippen molar-refractivity contribution in [2.24, 2.45) is 11.3 Å². The van der Waals surface area contributed by atoms with Gasteiger partial charge in [0, 0.05) is 5.41 Å². The summed E-state index contributed by atoms with van der Waals surface area (Å²) in [6.07, 6.45) is 7.74. The molecule has 1 saturated carbocycles. The minimum Gasteiger partial charge on any atom is -0.299 e. The second-order valence-electron chi connectivity index (χ2n) is 7.63. The van der Waals surface area contributed by atoms with Gasteiger partial charge in [-0.2, -0.15) is 0 Å². The summed E-state index contributed by atoms with van der Waals surface area (Å²) in [5, 5.41) is 0. The van der Waals surface area contributed by atoms with Gasteiger partial charge in [0.2, 0.25) is 0 Å². The van der Waals surface area contributed by atoms with Gasteiger partial charge in [-0.1, -0.05) is 52.7 Å². The first kappa shape index (κ1) is 18.9. The van der Waals surface area contributed by atoms with E-state index in [1.165, 1.54) is 24.8 Å². The zero-order chi connectivity index (χ0) is 17.9. The van der Waals surface area contributed by atoms with E-state index < -0.39 is 0 Å². The summed E-state index contributed by atoms with van der Waals surface area (Å²) in [6, 6.07) is 5.10. The summed E-state index contributed by atoms with van der Waals surface area (Å²) < 4.78 is 13.9. The fraction of sp³-hybridized carbons (Fsp3) is 0.591. The van der Waals surface area contributed by atoms with Gasteiger partial charge in [-0.15, -0.1) is 0 Å². The zero-order valence-electron chi connectivity index (χ0n) is 15.8. The lowest BCUT2D eigenvalue weighted by Crippen LogP contribution is -2.10. The number of ketones is 1. The number of halogens is 1. The van der Waals surface area contributed by atoms with E-state index in [1.54, 1.807) is 19.1 Å². The van der Waals surface area contributed by atoms with Crippen molar-refractivity contribution in [3.63, 3.8) is 0 Å². The Labute approximate surface area is 146 Å². The van der Waals surface area contributed by atoms with Crippen LogP contribution in [0.2, 0.25) is 0 Å². The number of Topliss-reactive ketones (excluding diaryl/α,β-unsaturated/α-hetero) is 1. The van der Waals surface area contributed by atoms with E-state index in [-0.39, 0.29) is 22.9 Å². The third-order valence-electron chi connectivity index (χ3n) is 5.66. The number of carbonyl (C=O) groups is 1. The largest absolute Gasteiger partial charge is 0.299 e. The standard InChI is InChI=1S/C22H31FO/c1-6-8-9-15(3)12-17(7-2)19-11-10-18(23)13-20(19)21-14-22(21,5)16(4)24/h10-13,15,21H,6-9,14H2,1-5H3. The molecule has 0 aromatic heterocycles. The predicted molar refractivity (Wildman–Crippen MR) is 99.5 cm³/mol. The molecule has 0 spiro atoms. The third kappa shape index (κ3) is 3.96. The van der Waals surface area contributed by atoms with Crippen LogP contribution in [0, 0.1) is 17.2 Å². The van der Waals surface area contributed by atoms with Crippen LogP contribution in [0.15, 0.2) is 24.3 Å². The zero-order valence-corrected chi connectivity index (χ0v) is 15.8. The second-order valence-corrected chi connectivity index (χ2v) is 7.63. The van der Waals surface area contributed by atoms with Crippen LogP contribution in [0.5, 0.6) is 0 Å². The van der Waals surface area contributed by atoms with Crippen molar-refractivity contribution in [1.29, 1.82) is 0 Å². The Kier molecular flexibility index (Phi) is 6.01. The third-order valence-corrected chi connectivity index (χ3v) is 5.66. The molecule has 1 nitrogen and oxygen atoms in total. The van der Waals surface area contributed by atoms with E-state index in [1.807, 2.05) is 13.0 Å². The molecule has 2 rings (SSSR count). The van der Waals surface area contributed by atoms with E-state index in [4.69, 9.17) is 0 Å². The highest BCUT2D eigenvalue weighted by atomic mass is 19.1. The van der Waals surface area contributed by atoms with Crippen molar-refractivity contribution < 1.29 is 9.18 Å². The molecule has 0 radical (unpaired) electrons. The number of benzene rings is 1. The average molecular weight is 330 g/mol. The van der Waals surface area contributed by atoms with Gasteiger partial charge in [0.25, 0.3) is 0 Å². The van der Waals surface area contributed by atoms with Gasteiger partial charge in [-0.05, 0) is 66.9 Å². The van der Waals surface area contributed by atoms with Crippen molar-refractivity contribution in [3.8, 4) is 0 Å². The molecule has 3 unspecified atom stereocenters. The molecule has 1 aromatic rings. The van der Waals surface area contributed by atoms with Crippen molar-refractivity contribution in [2.45, 2.75) is 72.6 Å². The second kappa shape index (κ2) is 7.63.